The van der Waals surface area contributed by atoms with E-state index in [2.05, 4.69) is 287 Å². The molecule has 0 bridgehead atoms. The van der Waals surface area contributed by atoms with Crippen LogP contribution in [0.5, 0.6) is 5.75 Å². The van der Waals surface area contributed by atoms with Gasteiger partial charge in [-0.25, -0.2) is 0 Å². The molecule has 0 fully saturated rings. The molecule has 5 aliphatic rings. The second-order valence-corrected chi connectivity index (χ2v) is 28.8. The maximum Gasteiger partial charge on any atom is 0.119 e. The third-order valence-corrected chi connectivity index (χ3v) is 21.8. The summed E-state index contributed by atoms with van der Waals surface area (Å²) < 4.78 is 8.89. The van der Waals surface area contributed by atoms with Crippen LogP contribution in [0, 0.1) is 5.92 Å². The van der Waals surface area contributed by atoms with Crippen LogP contribution in [-0.2, 0) is 10.8 Å². The molecule has 8 aromatic rings. The molecule has 0 radical (unpaired) electrons. The van der Waals surface area contributed by atoms with Crippen molar-refractivity contribution < 1.29 is 4.74 Å². The smallest absolute Gasteiger partial charge is 0.119 e. The van der Waals surface area contributed by atoms with E-state index in [4.69, 9.17) is 4.74 Å². The molecule has 6 unspecified atom stereocenters. The molecule has 3 nitrogen and oxygen atoms in total. The van der Waals surface area contributed by atoms with E-state index in [-0.39, 0.29) is 16.9 Å². The van der Waals surface area contributed by atoms with Crippen molar-refractivity contribution in [2.75, 3.05) is 11.5 Å². The molecule has 0 saturated carbocycles. The molecule has 1 heterocycles. The van der Waals surface area contributed by atoms with E-state index in [1.807, 2.05) is 12.2 Å². The Labute approximate surface area is 506 Å². The van der Waals surface area contributed by atoms with E-state index >= 15 is 0 Å². The predicted molar refractivity (Wildman–Crippen MR) is 366 cm³/mol. The maximum absolute atomic E-state index is 6.27. The minimum absolute atomic E-state index is 0.111. The van der Waals surface area contributed by atoms with Crippen LogP contribution < -0.4 is 20.2 Å². The average molecular weight is 1130 g/mol. The van der Waals surface area contributed by atoms with Crippen molar-refractivity contribution in [1.29, 1.82) is 0 Å². The Morgan fingerprint density at radius 2 is 1.41 bits per heavy atom. The van der Waals surface area contributed by atoms with Gasteiger partial charge in [0.1, 0.15) is 5.75 Å². The topological polar surface area (TPSA) is 17.4 Å². The summed E-state index contributed by atoms with van der Waals surface area (Å²) in [6, 6.07) is 64.7. The highest BCUT2D eigenvalue weighted by molar-refractivity contribution is 6.57. The molecule has 5 aliphatic carbocycles. The van der Waals surface area contributed by atoms with Gasteiger partial charge in [0.25, 0.3) is 0 Å². The lowest BCUT2D eigenvalue weighted by molar-refractivity contribution is 0.338. The maximum atomic E-state index is 6.27. The summed E-state index contributed by atoms with van der Waals surface area (Å²) in [6.45, 7) is 18.1. The Morgan fingerprint density at radius 3 is 2.13 bits per heavy atom. The van der Waals surface area contributed by atoms with Crippen molar-refractivity contribution in [1.82, 2.24) is 4.57 Å². The highest BCUT2D eigenvalue weighted by atomic mass is 28.3. The van der Waals surface area contributed by atoms with Crippen LogP contribution in [0.3, 0.4) is 0 Å². The normalized spacial score (nSPS) is 20.5. The summed E-state index contributed by atoms with van der Waals surface area (Å²) in [4.78, 5) is 2.52. The number of allylic oxidation sites excluding steroid dienone is 11. The number of aromatic nitrogens is 1. The predicted octanol–water partition coefficient (Wildman–Crippen LogP) is 19.4. The first-order valence-corrected chi connectivity index (χ1v) is 34.1. The van der Waals surface area contributed by atoms with Crippen LogP contribution in [0.1, 0.15) is 122 Å². The van der Waals surface area contributed by atoms with E-state index in [1.165, 1.54) is 101 Å². The fraction of sp³-hybridized carbons (Fsp3) is 0.235. The quantitative estimate of drug-likeness (QED) is 0.0797. The largest absolute Gasteiger partial charge is 0.494 e. The molecule has 0 N–H and O–H groups in total. The first-order chi connectivity index (χ1) is 41.6. The Bertz CT molecular complexity index is 4100. The zero-order valence-corrected chi connectivity index (χ0v) is 51.3. The Hall–Kier alpha value is -8.44. The standard InChI is InChI=1S/C81H80N2OSi/c1-7-57-24-28-59(29-25-57)60-32-42-69(43-33-60)83-78-48-36-63(61-30-38-65(39-31-61)80(3,4)5)54-74(78)75-55-64(37-49-79(75)83)62-34-40-68(41-35-62)82(67-20-13-10-14-21-67)70-44-47-73-72-22-15-16-23-76(72)81(77(73)56-70,66-18-11-9-12-19-66)50-17-52-85(6)53-51-84-71-45-26-58(8-2)27-46-71/h7-9,11-13,15-16,18-35,37-42,44-49,54-56,63,69,72,76,85H,1-2,10,14,17,36,43,50-53H2,3-6H3. The summed E-state index contributed by atoms with van der Waals surface area (Å²) in [7, 11) is -1.05. The highest BCUT2D eigenvalue weighted by Crippen LogP contribution is 2.59. The van der Waals surface area contributed by atoms with Gasteiger partial charge in [-0.15, -0.1) is 0 Å². The van der Waals surface area contributed by atoms with Crippen LogP contribution in [0.25, 0.3) is 51.9 Å². The molecule has 6 atom stereocenters. The SMILES string of the molecule is C=Cc1ccc(OCC[SiH](C)CCCC2(c3ccccc3)c3cc(N(C4=CCCC=C4)c4ccc(-c5ccc6c(c5)c5c(n6C6C=CC(c7ccc(C=C)cc7)=CC6)=CCC(c6ccc(C(C)(C)C)cc6)C=5)cc4)ccc3C3C=CC=CC32)cc1. The molecule has 0 spiro atoms. The van der Waals surface area contributed by atoms with Crippen molar-refractivity contribution in [3.63, 3.8) is 0 Å². The summed E-state index contributed by atoms with van der Waals surface area (Å²) in [5.41, 5.74) is 19.2. The van der Waals surface area contributed by atoms with Crippen molar-refractivity contribution in [3.05, 3.63) is 298 Å². The summed E-state index contributed by atoms with van der Waals surface area (Å²) in [5, 5.41) is 3.99. The molecule has 13 rings (SSSR count). The fourth-order valence-corrected chi connectivity index (χ4v) is 16.2. The summed E-state index contributed by atoms with van der Waals surface area (Å²) in [6.07, 6.45) is 39.0. The van der Waals surface area contributed by atoms with Gasteiger partial charge in [0.15, 0.2) is 0 Å². The molecular formula is C81H80N2OSi. The third kappa shape index (κ3) is 11.0. The second kappa shape index (κ2) is 23.9. The van der Waals surface area contributed by atoms with Crippen molar-refractivity contribution in [3.8, 4) is 16.9 Å². The van der Waals surface area contributed by atoms with E-state index in [0.717, 1.165) is 61.6 Å². The number of hydrogen-bond acceptors (Lipinski definition) is 2. The van der Waals surface area contributed by atoms with Crippen molar-refractivity contribution >= 4 is 61.0 Å². The van der Waals surface area contributed by atoms with Gasteiger partial charge in [-0.3, -0.25) is 0 Å². The summed E-state index contributed by atoms with van der Waals surface area (Å²) in [5.74, 6) is 1.90. The minimum Gasteiger partial charge on any atom is -0.494 e. The lowest BCUT2D eigenvalue weighted by Gasteiger charge is -2.39. The third-order valence-electron chi connectivity index (χ3n) is 19.2. The molecule has 0 saturated heterocycles. The van der Waals surface area contributed by atoms with Gasteiger partial charge in [0.05, 0.1) is 12.6 Å². The highest BCUT2D eigenvalue weighted by Gasteiger charge is 2.51. The van der Waals surface area contributed by atoms with Crippen LogP contribution in [-0.4, -0.2) is 20.0 Å². The van der Waals surface area contributed by atoms with Crippen LogP contribution in [0.2, 0.25) is 18.6 Å². The van der Waals surface area contributed by atoms with E-state index in [9.17, 15) is 0 Å². The fourth-order valence-electron chi connectivity index (χ4n) is 14.5. The van der Waals surface area contributed by atoms with Gasteiger partial charge in [-0.2, -0.15) is 0 Å². The van der Waals surface area contributed by atoms with Crippen molar-refractivity contribution in [2.45, 2.75) is 107 Å². The van der Waals surface area contributed by atoms with Crippen LogP contribution in [0.15, 0.2) is 243 Å². The van der Waals surface area contributed by atoms with Crippen LogP contribution in [0.4, 0.5) is 11.4 Å². The Kier molecular flexibility index (Phi) is 15.7. The van der Waals surface area contributed by atoms with E-state index in [0.29, 0.717) is 17.8 Å². The first-order valence-electron chi connectivity index (χ1n) is 31.3. The molecule has 4 heteroatoms. The zero-order chi connectivity index (χ0) is 58.1. The minimum atomic E-state index is -1.05. The van der Waals surface area contributed by atoms with Crippen LogP contribution >= 0.6 is 0 Å². The van der Waals surface area contributed by atoms with E-state index < -0.39 is 8.80 Å². The number of ether oxygens (including phenoxy) is 1. The van der Waals surface area contributed by atoms with Gasteiger partial charge in [0, 0.05) is 70.5 Å². The van der Waals surface area contributed by atoms with Gasteiger partial charge in [-0.05, 0) is 159 Å². The van der Waals surface area contributed by atoms with Gasteiger partial charge in [0.2, 0.25) is 0 Å². The number of rotatable bonds is 18. The Morgan fingerprint density at radius 1 is 0.682 bits per heavy atom. The molecule has 85 heavy (non-hydrogen) atoms. The number of nitrogens with zero attached hydrogens (tertiary/aromatic N) is 2. The average Bonchev–Trinajstić information content (AvgIpc) is 1.90. The van der Waals surface area contributed by atoms with Crippen molar-refractivity contribution in [2.24, 2.45) is 5.92 Å². The number of fused-ring (bicyclic) bond motifs is 6. The number of hydrogen-bond donors (Lipinski definition) is 0. The molecule has 0 aliphatic heterocycles. The zero-order valence-electron chi connectivity index (χ0n) is 50.1. The molecular weight excluding hydrogens is 1040 g/mol. The molecule has 1 aromatic heterocycles. The molecule has 0 amide bonds. The lowest BCUT2D eigenvalue weighted by atomic mass is 9.64. The van der Waals surface area contributed by atoms with Gasteiger partial charge >= 0.3 is 0 Å². The lowest BCUT2D eigenvalue weighted by Crippen LogP contribution is -2.34. The second-order valence-electron chi connectivity index (χ2n) is 25.5. The number of anilines is 2. The van der Waals surface area contributed by atoms with Gasteiger partial charge in [-0.1, -0.05) is 247 Å². The number of benzene rings is 7. The first kappa shape index (κ1) is 55.7. The monoisotopic (exact) mass is 1120 g/mol. The molecule has 424 valence electrons. The summed E-state index contributed by atoms with van der Waals surface area (Å²) >= 11 is 0. The van der Waals surface area contributed by atoms with Gasteiger partial charge < -0.3 is 14.2 Å². The Balaban J connectivity index is 0.833. The van der Waals surface area contributed by atoms with E-state index in [1.54, 1.807) is 0 Å². The molecule has 7 aromatic carbocycles.